The molecular weight excluding hydrogens is 328 g/mol. The first-order chi connectivity index (χ1) is 11.5. The van der Waals surface area contributed by atoms with Crippen LogP contribution in [0, 0.1) is 11.8 Å². The Bertz CT molecular complexity index is 643. The molecule has 1 aromatic rings. The van der Waals surface area contributed by atoms with Crippen LogP contribution in [0.3, 0.4) is 0 Å². The second-order valence-electron chi connectivity index (χ2n) is 6.19. The van der Waals surface area contributed by atoms with Crippen molar-refractivity contribution in [3.63, 3.8) is 0 Å². The van der Waals surface area contributed by atoms with Gasteiger partial charge in [-0.25, -0.2) is 8.42 Å². The number of carbonyl (C=O) groups is 1. The molecule has 0 radical (unpaired) electrons. The van der Waals surface area contributed by atoms with Crippen molar-refractivity contribution in [3.8, 4) is 5.75 Å². The summed E-state index contributed by atoms with van der Waals surface area (Å²) in [4.78, 5) is 12.6. The number of ether oxygens (including phenoxy) is 1. The van der Waals surface area contributed by atoms with Crippen molar-refractivity contribution in [3.05, 3.63) is 24.3 Å². The van der Waals surface area contributed by atoms with Gasteiger partial charge < -0.3 is 15.8 Å². The van der Waals surface area contributed by atoms with Crippen LogP contribution in [0.25, 0.3) is 0 Å². The summed E-state index contributed by atoms with van der Waals surface area (Å²) in [6.45, 7) is 0.806. The minimum Gasteiger partial charge on any atom is -0.497 e. The van der Waals surface area contributed by atoms with Crippen LogP contribution < -0.4 is 15.8 Å². The lowest BCUT2D eigenvalue weighted by Crippen LogP contribution is -2.40. The maximum Gasteiger partial charge on any atom is 0.223 e. The van der Waals surface area contributed by atoms with Crippen LogP contribution in [0.15, 0.2) is 29.2 Å². The van der Waals surface area contributed by atoms with E-state index in [0.29, 0.717) is 18.8 Å². The fourth-order valence-electron chi connectivity index (χ4n) is 3.24. The van der Waals surface area contributed by atoms with E-state index in [-0.39, 0.29) is 28.4 Å². The first-order valence-corrected chi connectivity index (χ1v) is 9.97. The summed E-state index contributed by atoms with van der Waals surface area (Å²) < 4.78 is 30.4. The summed E-state index contributed by atoms with van der Waals surface area (Å²) in [5, 5.41) is 2.80. The Morgan fingerprint density at radius 3 is 2.54 bits per heavy atom. The first kappa shape index (κ1) is 18.7. The molecule has 0 unspecified atom stereocenters. The second kappa shape index (κ2) is 8.48. The van der Waals surface area contributed by atoms with Gasteiger partial charge in [-0.1, -0.05) is 12.8 Å². The Morgan fingerprint density at radius 1 is 1.25 bits per heavy atom. The molecule has 0 spiro atoms. The Balaban J connectivity index is 2.11. The number of nitrogens with one attached hydrogen (secondary N) is 1. The number of hydrogen-bond donors (Lipinski definition) is 2. The van der Waals surface area contributed by atoms with Crippen molar-refractivity contribution in [2.75, 3.05) is 26.0 Å². The molecule has 1 aromatic carbocycles. The maximum atomic E-state index is 12.7. The van der Waals surface area contributed by atoms with Gasteiger partial charge in [0.15, 0.2) is 9.84 Å². The topological polar surface area (TPSA) is 98.5 Å². The molecule has 2 rings (SSSR count). The molecule has 0 aromatic heterocycles. The number of hydrogen-bond acceptors (Lipinski definition) is 5. The molecule has 1 fully saturated rings. The van der Waals surface area contributed by atoms with Crippen LogP contribution in [0.5, 0.6) is 5.75 Å². The molecule has 134 valence electrons. The predicted molar refractivity (Wildman–Crippen MR) is 92.6 cm³/mol. The van der Waals surface area contributed by atoms with Gasteiger partial charge in [0.2, 0.25) is 5.91 Å². The van der Waals surface area contributed by atoms with E-state index in [1.54, 1.807) is 24.3 Å². The summed E-state index contributed by atoms with van der Waals surface area (Å²) >= 11 is 0. The molecule has 6 nitrogen and oxygen atoms in total. The van der Waals surface area contributed by atoms with Gasteiger partial charge in [-0.3, -0.25) is 4.79 Å². The molecule has 1 aliphatic rings. The van der Waals surface area contributed by atoms with E-state index < -0.39 is 9.84 Å². The second-order valence-corrected chi connectivity index (χ2v) is 8.22. The van der Waals surface area contributed by atoms with Gasteiger partial charge >= 0.3 is 0 Å². The summed E-state index contributed by atoms with van der Waals surface area (Å²) in [5.41, 5.74) is 5.42. The van der Waals surface area contributed by atoms with E-state index in [0.717, 1.165) is 25.7 Å². The van der Waals surface area contributed by atoms with Gasteiger partial charge in [0, 0.05) is 19.0 Å². The number of sulfone groups is 1. The molecule has 3 N–H and O–H groups in total. The molecule has 1 saturated carbocycles. The van der Waals surface area contributed by atoms with E-state index in [1.807, 2.05) is 0 Å². The van der Waals surface area contributed by atoms with Crippen LogP contribution in [0.1, 0.15) is 25.7 Å². The fourth-order valence-corrected chi connectivity index (χ4v) is 4.95. The molecule has 1 amide bonds. The monoisotopic (exact) mass is 354 g/mol. The standard InChI is InChI=1S/C17H26N2O4S/c1-23-14-6-8-15(9-7-14)24(21,22)12-13-4-2-3-5-16(13)17(20)19-11-10-18/h6-9,13,16H,2-5,10-12,18H2,1H3,(H,19,20)/t13-,16+/m0/s1. The normalized spacial score (nSPS) is 21.2. The van der Waals surface area contributed by atoms with E-state index in [4.69, 9.17) is 10.5 Å². The number of amides is 1. The Kier molecular flexibility index (Phi) is 6.62. The largest absolute Gasteiger partial charge is 0.497 e. The van der Waals surface area contributed by atoms with Crippen LogP contribution in [-0.4, -0.2) is 40.3 Å². The molecule has 0 heterocycles. The predicted octanol–water partition coefficient (Wildman–Crippen LogP) is 1.35. The SMILES string of the molecule is COc1ccc(S(=O)(=O)C[C@@H]2CCCC[C@H]2C(=O)NCCN)cc1. The van der Waals surface area contributed by atoms with Crippen molar-refractivity contribution in [1.29, 1.82) is 0 Å². The molecule has 24 heavy (non-hydrogen) atoms. The van der Waals surface area contributed by atoms with Crippen molar-refractivity contribution in [2.24, 2.45) is 17.6 Å². The molecule has 1 aliphatic carbocycles. The van der Waals surface area contributed by atoms with Crippen LogP contribution >= 0.6 is 0 Å². The molecule has 2 atom stereocenters. The van der Waals surface area contributed by atoms with Crippen molar-refractivity contribution >= 4 is 15.7 Å². The van der Waals surface area contributed by atoms with Crippen LogP contribution in [0.2, 0.25) is 0 Å². The highest BCUT2D eigenvalue weighted by Crippen LogP contribution is 2.33. The Morgan fingerprint density at radius 2 is 1.92 bits per heavy atom. The minimum atomic E-state index is -3.43. The Hall–Kier alpha value is -1.60. The van der Waals surface area contributed by atoms with E-state index in [1.165, 1.54) is 7.11 Å². The van der Waals surface area contributed by atoms with Crippen LogP contribution in [-0.2, 0) is 14.6 Å². The highest BCUT2D eigenvalue weighted by Gasteiger charge is 2.34. The molecule has 0 bridgehead atoms. The highest BCUT2D eigenvalue weighted by molar-refractivity contribution is 7.91. The van der Waals surface area contributed by atoms with Crippen molar-refractivity contribution < 1.29 is 17.9 Å². The number of rotatable bonds is 7. The molecule has 0 saturated heterocycles. The zero-order valence-corrected chi connectivity index (χ0v) is 14.8. The third kappa shape index (κ3) is 4.70. The lowest BCUT2D eigenvalue weighted by molar-refractivity contribution is -0.127. The average Bonchev–Trinajstić information content (AvgIpc) is 2.60. The smallest absolute Gasteiger partial charge is 0.223 e. The Labute approximate surface area is 143 Å². The lowest BCUT2D eigenvalue weighted by Gasteiger charge is -2.30. The quantitative estimate of drug-likeness (QED) is 0.770. The summed E-state index contributed by atoms with van der Waals surface area (Å²) in [5.74, 6) is 0.141. The van der Waals surface area contributed by atoms with Crippen molar-refractivity contribution in [1.82, 2.24) is 5.32 Å². The molecule has 7 heteroatoms. The number of methoxy groups -OCH3 is 1. The van der Waals surface area contributed by atoms with Gasteiger partial charge in [-0.2, -0.15) is 0 Å². The van der Waals surface area contributed by atoms with E-state index in [2.05, 4.69) is 5.32 Å². The highest BCUT2D eigenvalue weighted by atomic mass is 32.2. The third-order valence-electron chi connectivity index (χ3n) is 4.54. The van der Waals surface area contributed by atoms with Crippen molar-refractivity contribution in [2.45, 2.75) is 30.6 Å². The van der Waals surface area contributed by atoms with Gasteiger partial charge in [0.05, 0.1) is 17.8 Å². The molecular formula is C17H26N2O4S. The van der Waals surface area contributed by atoms with Gasteiger partial charge in [-0.05, 0) is 43.0 Å². The van der Waals surface area contributed by atoms with E-state index in [9.17, 15) is 13.2 Å². The lowest BCUT2D eigenvalue weighted by atomic mass is 9.80. The minimum absolute atomic E-state index is 0.0000402. The number of carbonyl (C=O) groups excluding carboxylic acids is 1. The zero-order valence-electron chi connectivity index (χ0n) is 14.0. The average molecular weight is 354 g/mol. The summed E-state index contributed by atoms with van der Waals surface area (Å²) in [6, 6.07) is 6.39. The zero-order chi connectivity index (χ0) is 17.6. The number of benzene rings is 1. The fraction of sp³-hybridized carbons (Fsp3) is 0.588. The first-order valence-electron chi connectivity index (χ1n) is 8.32. The molecule has 0 aliphatic heterocycles. The summed E-state index contributed by atoms with van der Waals surface area (Å²) in [7, 11) is -1.89. The number of nitrogens with two attached hydrogens (primary N) is 1. The third-order valence-corrected chi connectivity index (χ3v) is 6.40. The van der Waals surface area contributed by atoms with E-state index >= 15 is 0 Å². The maximum absolute atomic E-state index is 12.7. The van der Waals surface area contributed by atoms with Gasteiger partial charge in [0.25, 0.3) is 0 Å². The summed E-state index contributed by atoms with van der Waals surface area (Å²) in [6.07, 6.45) is 3.42. The van der Waals surface area contributed by atoms with Gasteiger partial charge in [-0.15, -0.1) is 0 Å². The van der Waals surface area contributed by atoms with Crippen LogP contribution in [0.4, 0.5) is 0 Å². The van der Waals surface area contributed by atoms with Gasteiger partial charge in [0.1, 0.15) is 5.75 Å².